The largest absolute Gasteiger partial charge is 0.480 e. The van der Waals surface area contributed by atoms with Gasteiger partial charge in [-0.05, 0) is 51.0 Å². The highest BCUT2D eigenvalue weighted by Gasteiger charge is 2.40. The Kier molecular flexibility index (Phi) is 4.07. The summed E-state index contributed by atoms with van der Waals surface area (Å²) in [6.45, 7) is 6.41. The first-order valence-electron chi connectivity index (χ1n) is 5.81. The highest BCUT2D eigenvalue weighted by atomic mass is 32.2. The molecule has 0 saturated carbocycles. The van der Waals surface area contributed by atoms with E-state index >= 15 is 0 Å². The van der Waals surface area contributed by atoms with Crippen molar-refractivity contribution in [1.29, 1.82) is 0 Å². The number of carbonyl (C=O) groups is 1. The van der Waals surface area contributed by atoms with Crippen molar-refractivity contribution in [3.05, 3.63) is 29.3 Å². The average molecular weight is 285 g/mol. The summed E-state index contributed by atoms with van der Waals surface area (Å²) in [6.07, 6.45) is 0. The van der Waals surface area contributed by atoms with Gasteiger partial charge in [-0.2, -0.15) is 4.31 Å². The highest BCUT2D eigenvalue weighted by molar-refractivity contribution is 7.89. The van der Waals surface area contributed by atoms with Crippen LogP contribution in [0.25, 0.3) is 0 Å². The molecular weight excluding hydrogens is 266 g/mol. The van der Waals surface area contributed by atoms with Gasteiger partial charge in [0.25, 0.3) is 0 Å². The fourth-order valence-electron chi connectivity index (χ4n) is 1.47. The number of aliphatic carboxylic acids is 1. The Morgan fingerprint density at radius 2 is 1.74 bits per heavy atom. The number of nitrogens with zero attached hydrogens (tertiary/aromatic N) is 1. The minimum absolute atomic E-state index is 0.104. The van der Waals surface area contributed by atoms with Crippen LogP contribution in [0, 0.1) is 13.8 Å². The SMILES string of the molecule is Cc1ccc(S(=O)(=O)N(C)C(C)(C)C(=O)O)cc1C. The molecule has 106 valence electrons. The van der Waals surface area contributed by atoms with E-state index in [0.717, 1.165) is 15.4 Å². The molecule has 0 fully saturated rings. The van der Waals surface area contributed by atoms with E-state index in [0.29, 0.717) is 0 Å². The number of rotatable bonds is 4. The van der Waals surface area contributed by atoms with Crippen LogP contribution in [-0.2, 0) is 14.8 Å². The molecule has 0 unspecified atom stereocenters. The third-order valence-electron chi connectivity index (χ3n) is 3.45. The molecule has 0 aliphatic heterocycles. The Hall–Kier alpha value is -1.40. The van der Waals surface area contributed by atoms with Crippen LogP contribution in [0.1, 0.15) is 25.0 Å². The number of carboxylic acids is 1. The van der Waals surface area contributed by atoms with Crippen LogP contribution in [0.2, 0.25) is 0 Å². The van der Waals surface area contributed by atoms with Gasteiger partial charge in [0.05, 0.1) is 4.90 Å². The van der Waals surface area contributed by atoms with Crippen molar-refractivity contribution >= 4 is 16.0 Å². The van der Waals surface area contributed by atoms with Crippen LogP contribution < -0.4 is 0 Å². The van der Waals surface area contributed by atoms with Crippen LogP contribution >= 0.6 is 0 Å². The maximum absolute atomic E-state index is 12.4. The second kappa shape index (κ2) is 4.94. The predicted molar refractivity (Wildman–Crippen MR) is 72.6 cm³/mol. The van der Waals surface area contributed by atoms with Gasteiger partial charge in [0.2, 0.25) is 10.0 Å². The number of sulfonamides is 1. The van der Waals surface area contributed by atoms with Crippen molar-refractivity contribution in [2.45, 2.75) is 38.1 Å². The molecule has 0 spiro atoms. The molecule has 0 heterocycles. The van der Waals surface area contributed by atoms with Crippen molar-refractivity contribution < 1.29 is 18.3 Å². The molecule has 0 aliphatic rings. The molecule has 1 aromatic rings. The van der Waals surface area contributed by atoms with Crippen molar-refractivity contribution in [3.63, 3.8) is 0 Å². The molecule has 0 aliphatic carbocycles. The van der Waals surface area contributed by atoms with E-state index in [2.05, 4.69) is 0 Å². The Morgan fingerprint density at radius 3 is 2.16 bits per heavy atom. The predicted octanol–water partition coefficient (Wildman–Crippen LogP) is 1.79. The third-order valence-corrected chi connectivity index (χ3v) is 5.47. The average Bonchev–Trinajstić information content (AvgIpc) is 2.31. The number of aryl methyl sites for hydroxylation is 2. The zero-order valence-corrected chi connectivity index (χ0v) is 12.6. The second-order valence-corrected chi connectivity index (χ2v) is 7.05. The quantitative estimate of drug-likeness (QED) is 0.915. The van der Waals surface area contributed by atoms with Crippen LogP contribution in [0.4, 0.5) is 0 Å². The molecule has 0 bridgehead atoms. The molecule has 6 heteroatoms. The van der Waals surface area contributed by atoms with Gasteiger partial charge in [0.15, 0.2) is 0 Å². The first-order valence-corrected chi connectivity index (χ1v) is 7.25. The fourth-order valence-corrected chi connectivity index (χ4v) is 3.03. The molecule has 1 rings (SSSR count). The van der Waals surface area contributed by atoms with E-state index in [4.69, 9.17) is 5.11 Å². The molecule has 0 radical (unpaired) electrons. The summed E-state index contributed by atoms with van der Waals surface area (Å²) in [5, 5.41) is 9.11. The molecule has 19 heavy (non-hydrogen) atoms. The maximum Gasteiger partial charge on any atom is 0.324 e. The lowest BCUT2D eigenvalue weighted by atomic mass is 10.1. The zero-order chi connectivity index (χ0) is 15.0. The van der Waals surface area contributed by atoms with Crippen molar-refractivity contribution in [2.24, 2.45) is 0 Å². The van der Waals surface area contributed by atoms with Gasteiger partial charge in [-0.3, -0.25) is 4.79 Å². The number of benzene rings is 1. The van der Waals surface area contributed by atoms with Gasteiger partial charge in [0.1, 0.15) is 5.54 Å². The van der Waals surface area contributed by atoms with Crippen LogP contribution in [0.5, 0.6) is 0 Å². The highest BCUT2D eigenvalue weighted by Crippen LogP contribution is 2.24. The van der Waals surface area contributed by atoms with Crippen LogP contribution in [0.15, 0.2) is 23.1 Å². The van der Waals surface area contributed by atoms with Gasteiger partial charge in [-0.15, -0.1) is 0 Å². The molecule has 0 aromatic heterocycles. The minimum atomic E-state index is -3.83. The Bertz CT molecular complexity index is 605. The summed E-state index contributed by atoms with van der Waals surface area (Å²) in [4.78, 5) is 11.3. The van der Waals surface area contributed by atoms with E-state index in [1.54, 1.807) is 12.1 Å². The molecule has 1 N–H and O–H groups in total. The van der Waals surface area contributed by atoms with Gasteiger partial charge < -0.3 is 5.11 Å². The Labute approximate surface area is 113 Å². The van der Waals surface area contributed by atoms with Gasteiger partial charge in [-0.1, -0.05) is 6.07 Å². The normalized spacial score (nSPS) is 12.7. The van der Waals surface area contributed by atoms with E-state index in [9.17, 15) is 13.2 Å². The topological polar surface area (TPSA) is 74.7 Å². The summed E-state index contributed by atoms with van der Waals surface area (Å²) in [5.74, 6) is -1.19. The van der Waals surface area contributed by atoms with Crippen molar-refractivity contribution in [3.8, 4) is 0 Å². The molecule has 0 saturated heterocycles. The van der Waals surface area contributed by atoms with Gasteiger partial charge >= 0.3 is 5.97 Å². The molecule has 5 nitrogen and oxygen atoms in total. The van der Waals surface area contributed by atoms with Gasteiger partial charge in [0, 0.05) is 7.05 Å². The van der Waals surface area contributed by atoms with Gasteiger partial charge in [-0.25, -0.2) is 8.42 Å². The Morgan fingerprint density at radius 1 is 1.21 bits per heavy atom. The van der Waals surface area contributed by atoms with E-state index in [-0.39, 0.29) is 4.90 Å². The maximum atomic E-state index is 12.4. The summed E-state index contributed by atoms with van der Waals surface area (Å²) in [6, 6.07) is 4.76. The molecule has 1 aromatic carbocycles. The van der Waals surface area contributed by atoms with Crippen LogP contribution in [-0.4, -0.2) is 36.4 Å². The summed E-state index contributed by atoms with van der Waals surface area (Å²) in [5.41, 5.74) is 0.333. The van der Waals surface area contributed by atoms with Crippen molar-refractivity contribution in [1.82, 2.24) is 4.31 Å². The lowest BCUT2D eigenvalue weighted by molar-refractivity contribution is -0.145. The zero-order valence-electron chi connectivity index (χ0n) is 11.8. The third kappa shape index (κ3) is 2.79. The smallest absolute Gasteiger partial charge is 0.324 e. The molecule has 0 amide bonds. The summed E-state index contributed by atoms with van der Waals surface area (Å²) in [7, 11) is -2.55. The fraction of sp³-hybridized carbons (Fsp3) is 0.462. The summed E-state index contributed by atoms with van der Waals surface area (Å²) >= 11 is 0. The molecular formula is C13H19NO4S. The standard InChI is InChI=1S/C13H19NO4S/c1-9-6-7-11(8-10(9)2)19(17,18)14(5)13(3,4)12(15)16/h6-8H,1-5H3,(H,15,16). The lowest BCUT2D eigenvalue weighted by Crippen LogP contribution is -2.50. The second-order valence-electron chi connectivity index (χ2n) is 5.08. The number of hydrogen-bond donors (Lipinski definition) is 1. The van der Waals surface area contributed by atoms with E-state index in [1.807, 2.05) is 13.8 Å². The minimum Gasteiger partial charge on any atom is -0.480 e. The molecule has 0 atom stereocenters. The van der Waals surface area contributed by atoms with E-state index in [1.165, 1.54) is 27.0 Å². The van der Waals surface area contributed by atoms with Crippen molar-refractivity contribution in [2.75, 3.05) is 7.05 Å². The lowest BCUT2D eigenvalue weighted by Gasteiger charge is -2.30. The number of hydrogen-bond acceptors (Lipinski definition) is 3. The summed E-state index contributed by atoms with van der Waals surface area (Å²) < 4.78 is 25.7. The first-order chi connectivity index (χ1) is 8.51. The Balaban J connectivity index is 3.32. The monoisotopic (exact) mass is 285 g/mol. The first kappa shape index (κ1) is 15.7. The van der Waals surface area contributed by atoms with Crippen LogP contribution in [0.3, 0.4) is 0 Å². The number of likely N-dealkylation sites (N-methyl/N-ethyl adjacent to an activating group) is 1. The van der Waals surface area contributed by atoms with E-state index < -0.39 is 21.5 Å². The number of carboxylic acid groups (broad SMARTS) is 1.